The molecule has 39 heavy (non-hydrogen) atoms. The molecule has 1 aliphatic heterocycles. The third-order valence-corrected chi connectivity index (χ3v) is 9.82. The van der Waals surface area contributed by atoms with Gasteiger partial charge < -0.3 is 15.0 Å². The van der Waals surface area contributed by atoms with Crippen molar-refractivity contribution in [2.45, 2.75) is 50.3 Å². The number of carbonyl (C=O) groups excluding carboxylic acids is 1. The van der Waals surface area contributed by atoms with Crippen LogP contribution in [0.2, 0.25) is 0 Å². The first-order chi connectivity index (χ1) is 18.8. The number of hydrogen-bond acceptors (Lipinski definition) is 10. The summed E-state index contributed by atoms with van der Waals surface area (Å²) < 4.78 is 33.1. The van der Waals surface area contributed by atoms with Gasteiger partial charge in [0.1, 0.15) is 5.69 Å². The fourth-order valence-electron chi connectivity index (χ4n) is 4.61. The Morgan fingerprint density at radius 2 is 1.97 bits per heavy atom. The number of amides is 1. The summed E-state index contributed by atoms with van der Waals surface area (Å²) in [5, 5.41) is 3.09. The average Bonchev–Trinajstić information content (AvgIpc) is 3.68. The molecule has 3 aromatic heterocycles. The van der Waals surface area contributed by atoms with Crippen molar-refractivity contribution in [1.82, 2.24) is 30.2 Å². The summed E-state index contributed by atoms with van der Waals surface area (Å²) in [6, 6.07) is 2.97. The molecular weight excluding hydrogens is 538 g/mol. The second kappa shape index (κ2) is 11.9. The van der Waals surface area contributed by atoms with Crippen LogP contribution < -0.4 is 14.8 Å². The smallest absolute Gasteiger partial charge is 0.280 e. The molecule has 208 valence electrons. The normalized spacial score (nSPS) is 17.5. The van der Waals surface area contributed by atoms with Gasteiger partial charge in [-0.05, 0) is 77.2 Å². The van der Waals surface area contributed by atoms with Crippen molar-refractivity contribution in [2.75, 3.05) is 31.5 Å². The summed E-state index contributed by atoms with van der Waals surface area (Å²) in [6.45, 7) is 4.35. The molecule has 2 aliphatic rings. The van der Waals surface area contributed by atoms with Gasteiger partial charge in [-0.25, -0.2) is 18.4 Å². The van der Waals surface area contributed by atoms with Crippen molar-refractivity contribution < 1.29 is 17.9 Å². The van der Waals surface area contributed by atoms with Crippen LogP contribution in [0, 0.1) is 5.92 Å². The molecule has 5 rings (SSSR count). The molecule has 0 aromatic carbocycles. The maximum atomic E-state index is 13.4. The zero-order valence-corrected chi connectivity index (χ0v) is 23.7. The Kier molecular flexibility index (Phi) is 8.38. The highest BCUT2D eigenvalue weighted by atomic mass is 32.2. The zero-order valence-electron chi connectivity index (χ0n) is 22.0. The van der Waals surface area contributed by atoms with Crippen LogP contribution in [0.5, 0.6) is 5.88 Å². The highest BCUT2D eigenvalue weighted by Gasteiger charge is 2.36. The van der Waals surface area contributed by atoms with Crippen molar-refractivity contribution in [2.24, 2.45) is 5.92 Å². The number of pyridine rings is 1. The van der Waals surface area contributed by atoms with E-state index in [-0.39, 0.29) is 11.2 Å². The zero-order chi connectivity index (χ0) is 27.4. The van der Waals surface area contributed by atoms with Crippen LogP contribution in [0.3, 0.4) is 0 Å². The van der Waals surface area contributed by atoms with E-state index in [4.69, 9.17) is 4.74 Å². The highest BCUT2D eigenvalue weighted by Crippen LogP contribution is 2.32. The van der Waals surface area contributed by atoms with Crippen LogP contribution in [0.1, 0.15) is 60.6 Å². The minimum Gasteiger partial charge on any atom is -0.477 e. The van der Waals surface area contributed by atoms with E-state index >= 15 is 0 Å². The van der Waals surface area contributed by atoms with Crippen LogP contribution in [0.15, 0.2) is 36.9 Å². The molecule has 1 atom stereocenters. The third kappa shape index (κ3) is 7.08. The van der Waals surface area contributed by atoms with E-state index in [1.54, 1.807) is 36.9 Å². The number of nitrogens with zero attached hydrogens (tertiary/aromatic N) is 5. The maximum Gasteiger partial charge on any atom is 0.280 e. The molecule has 13 heteroatoms. The Morgan fingerprint density at radius 3 is 2.72 bits per heavy atom. The minimum absolute atomic E-state index is 0.299. The lowest BCUT2D eigenvalue weighted by atomic mass is 9.89. The van der Waals surface area contributed by atoms with Gasteiger partial charge in [-0.15, -0.1) is 11.3 Å². The van der Waals surface area contributed by atoms with Gasteiger partial charge in [-0.1, -0.05) is 0 Å². The summed E-state index contributed by atoms with van der Waals surface area (Å²) in [5.41, 5.74) is 1.65. The second-order valence-corrected chi connectivity index (χ2v) is 13.0. The quantitative estimate of drug-likeness (QED) is 0.354. The summed E-state index contributed by atoms with van der Waals surface area (Å²) in [5.74, 6) is 0.503. The number of anilines is 1. The number of thiazole rings is 1. The van der Waals surface area contributed by atoms with Gasteiger partial charge >= 0.3 is 0 Å². The Bertz CT molecular complexity index is 1400. The molecule has 3 aromatic rings. The molecule has 4 heterocycles. The highest BCUT2D eigenvalue weighted by molar-refractivity contribution is 7.93. The summed E-state index contributed by atoms with van der Waals surface area (Å²) in [4.78, 5) is 33.9. The Labute approximate surface area is 232 Å². The molecular formula is C26H33N7O4S2. The second-order valence-electron chi connectivity index (χ2n) is 10.0. The van der Waals surface area contributed by atoms with Crippen LogP contribution >= 0.6 is 11.3 Å². The maximum absolute atomic E-state index is 13.4. The van der Waals surface area contributed by atoms with Gasteiger partial charge in [0.15, 0.2) is 5.01 Å². The van der Waals surface area contributed by atoms with Gasteiger partial charge in [-0.3, -0.25) is 19.5 Å². The standard InChI is InChI=1S/C26H33N7O4S2/c1-3-37-24-16-27-14-22(30-24)23-15-29-26(38-23)25(34)31-21(12-17-7-10-33(2)11-8-17)20-13-18(6-9-28-20)32-39(35,36)19-4-5-19/h6,9,13-17,19,21H,3-5,7-8,10-12H2,1-2H3,(H,28,32)(H,31,34)/t21-/m0/s1. The van der Waals surface area contributed by atoms with Gasteiger partial charge in [0.25, 0.3) is 5.91 Å². The SMILES string of the molecule is CCOc1cncc(-c2cnc(C(=O)N[C@@H](CC3CCN(C)CC3)c3cc(NS(=O)(=O)C4CC4)ccn3)s2)n1. The number of likely N-dealkylation sites (tertiary alicyclic amines) is 1. The number of carbonyl (C=O) groups is 1. The van der Waals surface area contributed by atoms with Crippen LogP contribution in [-0.4, -0.2) is 71.2 Å². The predicted molar refractivity (Wildman–Crippen MR) is 149 cm³/mol. The van der Waals surface area contributed by atoms with Gasteiger partial charge in [0, 0.05) is 12.4 Å². The molecule has 0 radical (unpaired) electrons. The molecule has 0 unspecified atom stereocenters. The molecule has 0 bridgehead atoms. The minimum atomic E-state index is -3.41. The first-order valence-electron chi connectivity index (χ1n) is 13.2. The first-order valence-corrected chi connectivity index (χ1v) is 15.5. The average molecular weight is 572 g/mol. The summed E-state index contributed by atoms with van der Waals surface area (Å²) in [7, 11) is -1.30. The number of sulfonamides is 1. The fraction of sp³-hybridized carbons (Fsp3) is 0.500. The van der Waals surface area contributed by atoms with Crippen molar-refractivity contribution >= 4 is 33.0 Å². The van der Waals surface area contributed by atoms with Gasteiger partial charge in [0.05, 0.1) is 46.6 Å². The summed E-state index contributed by atoms with van der Waals surface area (Å²) in [6.07, 6.45) is 10.4. The lowest BCUT2D eigenvalue weighted by Gasteiger charge is -2.31. The number of nitrogens with one attached hydrogen (secondary N) is 2. The molecule has 2 N–H and O–H groups in total. The first kappa shape index (κ1) is 27.4. The summed E-state index contributed by atoms with van der Waals surface area (Å²) >= 11 is 1.23. The monoisotopic (exact) mass is 571 g/mol. The van der Waals surface area contributed by atoms with E-state index in [0.717, 1.165) is 25.9 Å². The van der Waals surface area contributed by atoms with E-state index in [0.29, 0.717) is 64.6 Å². The number of piperidine rings is 1. The fourth-order valence-corrected chi connectivity index (χ4v) is 6.77. The van der Waals surface area contributed by atoms with E-state index in [1.165, 1.54) is 11.3 Å². The lowest BCUT2D eigenvalue weighted by molar-refractivity contribution is 0.0923. The van der Waals surface area contributed by atoms with Crippen LogP contribution in [0.4, 0.5) is 5.69 Å². The van der Waals surface area contributed by atoms with Crippen molar-refractivity contribution in [1.29, 1.82) is 0 Å². The Morgan fingerprint density at radius 1 is 1.18 bits per heavy atom. The Balaban J connectivity index is 1.35. The van der Waals surface area contributed by atoms with Crippen LogP contribution in [0.25, 0.3) is 10.6 Å². The number of aromatic nitrogens is 4. The lowest BCUT2D eigenvalue weighted by Crippen LogP contribution is -2.35. The molecule has 2 fully saturated rings. The third-order valence-electron chi connectivity index (χ3n) is 6.93. The molecule has 1 aliphatic carbocycles. The van der Waals surface area contributed by atoms with E-state index in [9.17, 15) is 13.2 Å². The van der Waals surface area contributed by atoms with Crippen LogP contribution in [-0.2, 0) is 10.0 Å². The number of hydrogen-bond donors (Lipinski definition) is 2. The van der Waals surface area contributed by atoms with Crippen molar-refractivity contribution in [3.8, 4) is 16.5 Å². The molecule has 1 amide bonds. The Hall–Kier alpha value is -3.16. The largest absolute Gasteiger partial charge is 0.477 e. The van der Waals surface area contributed by atoms with E-state index in [2.05, 4.69) is 41.9 Å². The van der Waals surface area contributed by atoms with Crippen molar-refractivity contribution in [3.63, 3.8) is 0 Å². The van der Waals surface area contributed by atoms with E-state index < -0.39 is 16.1 Å². The molecule has 1 saturated heterocycles. The number of rotatable bonds is 11. The van der Waals surface area contributed by atoms with Gasteiger partial charge in [0.2, 0.25) is 15.9 Å². The van der Waals surface area contributed by atoms with Gasteiger partial charge in [-0.2, -0.15) is 0 Å². The van der Waals surface area contributed by atoms with Crippen molar-refractivity contribution in [3.05, 3.63) is 47.6 Å². The predicted octanol–water partition coefficient (Wildman–Crippen LogP) is 3.50. The van der Waals surface area contributed by atoms with E-state index in [1.807, 2.05) is 6.92 Å². The molecule has 0 spiro atoms. The molecule has 1 saturated carbocycles. The topological polar surface area (TPSA) is 139 Å². The molecule has 11 nitrogen and oxygen atoms in total. The number of ether oxygens (including phenoxy) is 1.